The Balaban J connectivity index is 1.88. The number of hydrogen-bond donors (Lipinski definition) is 2. The molecule has 1 aliphatic rings. The molecule has 2 aromatic heterocycles. The van der Waals surface area contributed by atoms with Crippen LogP contribution in [0.15, 0.2) is 24.7 Å². The second kappa shape index (κ2) is 3.76. The van der Waals surface area contributed by atoms with Gasteiger partial charge >= 0.3 is 0 Å². The van der Waals surface area contributed by atoms with Gasteiger partial charge in [0.05, 0.1) is 17.9 Å². The molecule has 0 bridgehead atoms. The monoisotopic (exact) mass is 229 g/mol. The van der Waals surface area contributed by atoms with Crippen LogP contribution in [0.25, 0.3) is 0 Å². The van der Waals surface area contributed by atoms with E-state index in [1.807, 2.05) is 37.2 Å². The summed E-state index contributed by atoms with van der Waals surface area (Å²) in [4.78, 5) is 4.40. The van der Waals surface area contributed by atoms with Gasteiger partial charge in [0.2, 0.25) is 0 Å². The lowest BCUT2D eigenvalue weighted by atomic mass is 10.1. The fourth-order valence-corrected chi connectivity index (χ4v) is 2.07. The molecule has 3 heterocycles. The van der Waals surface area contributed by atoms with Gasteiger partial charge in [0.15, 0.2) is 0 Å². The summed E-state index contributed by atoms with van der Waals surface area (Å²) in [6, 6.07) is 2.33. The molecule has 0 fully saturated rings. The van der Waals surface area contributed by atoms with Crippen molar-refractivity contribution < 1.29 is 0 Å². The Hall–Kier alpha value is -2.04. The first-order chi connectivity index (χ1) is 8.22. The highest BCUT2D eigenvalue weighted by Crippen LogP contribution is 2.29. The van der Waals surface area contributed by atoms with Crippen molar-refractivity contribution >= 4 is 11.5 Å². The summed E-state index contributed by atoms with van der Waals surface area (Å²) in [5.74, 6) is 0.913. The summed E-state index contributed by atoms with van der Waals surface area (Å²) in [7, 11) is 1.93. The lowest BCUT2D eigenvalue weighted by molar-refractivity contribution is 0.760. The highest BCUT2D eigenvalue weighted by Gasteiger charge is 2.20. The van der Waals surface area contributed by atoms with Crippen molar-refractivity contribution in [1.82, 2.24) is 14.8 Å². The number of nitrogens with zero attached hydrogens (tertiary/aromatic N) is 3. The van der Waals surface area contributed by atoms with Crippen LogP contribution in [0.3, 0.4) is 0 Å². The number of aryl methyl sites for hydroxylation is 2. The second-order valence-electron chi connectivity index (χ2n) is 4.43. The summed E-state index contributed by atoms with van der Waals surface area (Å²) in [5.41, 5.74) is 3.41. The maximum absolute atomic E-state index is 4.40. The van der Waals surface area contributed by atoms with E-state index in [0.29, 0.717) is 0 Å². The van der Waals surface area contributed by atoms with Gasteiger partial charge in [0.25, 0.3) is 0 Å². The third kappa shape index (κ3) is 1.84. The van der Waals surface area contributed by atoms with Crippen molar-refractivity contribution in [3.63, 3.8) is 0 Å². The van der Waals surface area contributed by atoms with Crippen LogP contribution in [-0.2, 0) is 7.05 Å². The van der Waals surface area contributed by atoms with E-state index in [-0.39, 0.29) is 6.04 Å². The molecule has 17 heavy (non-hydrogen) atoms. The van der Waals surface area contributed by atoms with Gasteiger partial charge in [0.1, 0.15) is 5.82 Å². The van der Waals surface area contributed by atoms with Crippen molar-refractivity contribution in [2.45, 2.75) is 13.0 Å². The number of hydrogen-bond acceptors (Lipinski definition) is 4. The molecule has 0 spiro atoms. The van der Waals surface area contributed by atoms with Gasteiger partial charge in [-0.1, -0.05) is 0 Å². The predicted molar refractivity (Wildman–Crippen MR) is 67.0 cm³/mol. The molecule has 88 valence electrons. The van der Waals surface area contributed by atoms with E-state index in [1.54, 1.807) is 0 Å². The van der Waals surface area contributed by atoms with Gasteiger partial charge in [-0.3, -0.25) is 4.68 Å². The van der Waals surface area contributed by atoms with E-state index in [0.717, 1.165) is 23.6 Å². The number of pyridine rings is 1. The van der Waals surface area contributed by atoms with Crippen LogP contribution in [0, 0.1) is 6.92 Å². The van der Waals surface area contributed by atoms with Gasteiger partial charge in [-0.25, -0.2) is 4.98 Å². The van der Waals surface area contributed by atoms with E-state index < -0.39 is 0 Å². The second-order valence-corrected chi connectivity index (χ2v) is 4.43. The lowest BCUT2D eigenvalue weighted by Gasteiger charge is -2.26. The number of fused-ring (bicyclic) bond motifs is 1. The van der Waals surface area contributed by atoms with Crippen molar-refractivity contribution in [2.75, 3.05) is 17.2 Å². The molecule has 5 nitrogen and oxygen atoms in total. The minimum absolute atomic E-state index is 0.228. The highest BCUT2D eigenvalue weighted by atomic mass is 15.2. The van der Waals surface area contributed by atoms with E-state index in [9.17, 15) is 0 Å². The maximum Gasteiger partial charge on any atom is 0.149 e. The first kappa shape index (κ1) is 10.1. The minimum atomic E-state index is 0.228. The van der Waals surface area contributed by atoms with Gasteiger partial charge in [-0.15, -0.1) is 0 Å². The smallest absolute Gasteiger partial charge is 0.149 e. The van der Waals surface area contributed by atoms with Gasteiger partial charge in [-0.2, -0.15) is 5.10 Å². The minimum Gasteiger partial charge on any atom is -0.380 e. The third-order valence-electron chi connectivity index (χ3n) is 2.96. The van der Waals surface area contributed by atoms with Crippen LogP contribution in [0.4, 0.5) is 11.5 Å². The van der Waals surface area contributed by atoms with Crippen LogP contribution < -0.4 is 10.6 Å². The molecule has 0 saturated heterocycles. The molecule has 2 aromatic rings. The first-order valence-electron chi connectivity index (χ1n) is 5.68. The molecular formula is C12H15N5. The molecule has 5 heteroatoms. The van der Waals surface area contributed by atoms with Gasteiger partial charge in [-0.05, 0) is 18.6 Å². The molecule has 2 N–H and O–H groups in total. The average Bonchev–Trinajstić information content (AvgIpc) is 2.75. The Morgan fingerprint density at radius 3 is 3.06 bits per heavy atom. The van der Waals surface area contributed by atoms with Gasteiger partial charge in [0, 0.05) is 31.5 Å². The van der Waals surface area contributed by atoms with Crippen molar-refractivity contribution in [3.05, 3.63) is 35.8 Å². The highest BCUT2D eigenvalue weighted by molar-refractivity contribution is 5.68. The van der Waals surface area contributed by atoms with Crippen LogP contribution in [0.1, 0.15) is 17.2 Å². The molecule has 0 amide bonds. The maximum atomic E-state index is 4.40. The SMILES string of the molecule is Cc1cnc2c(c1)NCC(c1cnn(C)c1)N2. The third-order valence-corrected chi connectivity index (χ3v) is 2.96. The van der Waals surface area contributed by atoms with Crippen LogP contribution in [0.5, 0.6) is 0 Å². The fourth-order valence-electron chi connectivity index (χ4n) is 2.07. The number of anilines is 2. The molecule has 0 aromatic carbocycles. The van der Waals surface area contributed by atoms with Crippen LogP contribution in [0.2, 0.25) is 0 Å². The Morgan fingerprint density at radius 2 is 2.29 bits per heavy atom. The number of nitrogens with one attached hydrogen (secondary N) is 2. The Morgan fingerprint density at radius 1 is 1.41 bits per heavy atom. The predicted octanol–water partition coefficient (Wildman–Crippen LogP) is 1.70. The summed E-state index contributed by atoms with van der Waals surface area (Å²) >= 11 is 0. The zero-order valence-electron chi connectivity index (χ0n) is 9.94. The first-order valence-corrected chi connectivity index (χ1v) is 5.68. The largest absolute Gasteiger partial charge is 0.380 e. The average molecular weight is 229 g/mol. The standard InChI is InChI=1S/C12H15N5/c1-8-3-10-12(14-4-8)16-11(6-13-10)9-5-15-17(2)7-9/h3-5,7,11,13H,6H2,1-2H3,(H,14,16). The fraction of sp³-hybridized carbons (Fsp3) is 0.333. The van der Waals surface area contributed by atoms with E-state index in [2.05, 4.69) is 26.8 Å². The molecule has 1 unspecified atom stereocenters. The zero-order valence-corrected chi connectivity index (χ0v) is 9.94. The Kier molecular flexibility index (Phi) is 2.24. The number of rotatable bonds is 1. The lowest BCUT2D eigenvalue weighted by Crippen LogP contribution is -2.26. The van der Waals surface area contributed by atoms with E-state index in [4.69, 9.17) is 0 Å². The molecule has 1 aliphatic heterocycles. The van der Waals surface area contributed by atoms with Crippen LogP contribution in [-0.4, -0.2) is 21.3 Å². The Bertz CT molecular complexity index is 546. The summed E-state index contributed by atoms with van der Waals surface area (Å²) in [5, 5.41) is 11.0. The zero-order chi connectivity index (χ0) is 11.8. The van der Waals surface area contributed by atoms with Crippen LogP contribution >= 0.6 is 0 Å². The summed E-state index contributed by atoms with van der Waals surface area (Å²) < 4.78 is 1.81. The molecule has 0 radical (unpaired) electrons. The van der Waals surface area contributed by atoms with E-state index in [1.165, 1.54) is 5.56 Å². The normalized spacial score (nSPS) is 18.1. The molecule has 0 aliphatic carbocycles. The summed E-state index contributed by atoms with van der Waals surface area (Å²) in [6.07, 6.45) is 5.79. The quantitative estimate of drug-likeness (QED) is 0.781. The topological polar surface area (TPSA) is 54.8 Å². The number of aromatic nitrogens is 3. The van der Waals surface area contributed by atoms with Gasteiger partial charge < -0.3 is 10.6 Å². The molecule has 3 rings (SSSR count). The molecule has 1 atom stereocenters. The molecule has 0 saturated carbocycles. The Labute approximate surface area is 99.9 Å². The van der Waals surface area contributed by atoms with Crippen molar-refractivity contribution in [1.29, 1.82) is 0 Å². The summed E-state index contributed by atoms with van der Waals surface area (Å²) in [6.45, 7) is 2.89. The van der Waals surface area contributed by atoms with E-state index >= 15 is 0 Å². The molecular weight excluding hydrogens is 214 g/mol. The van der Waals surface area contributed by atoms with Crippen molar-refractivity contribution in [3.8, 4) is 0 Å². The van der Waals surface area contributed by atoms with Crippen molar-refractivity contribution in [2.24, 2.45) is 7.05 Å².